The van der Waals surface area contributed by atoms with Crippen LogP contribution < -0.4 is 0 Å². The Hall–Kier alpha value is -0.830. The molecule has 1 aliphatic rings. The van der Waals surface area contributed by atoms with Crippen LogP contribution >= 0.6 is 0 Å². The number of hydrogen-bond donors (Lipinski definition) is 0. The van der Waals surface area contributed by atoms with E-state index in [1.807, 2.05) is 0 Å². The van der Waals surface area contributed by atoms with Gasteiger partial charge in [0.15, 0.2) is 0 Å². The minimum Gasteiger partial charge on any atom is -0.464 e. The lowest BCUT2D eigenvalue weighted by molar-refractivity contribution is -0.144. The molecule has 0 bridgehead atoms. The normalized spacial score (nSPS) is 26.6. The van der Waals surface area contributed by atoms with Gasteiger partial charge in [0.1, 0.15) is 6.61 Å². The van der Waals surface area contributed by atoms with E-state index >= 15 is 0 Å². The van der Waals surface area contributed by atoms with Gasteiger partial charge in [-0.15, -0.1) is 0 Å². The predicted octanol–water partition coefficient (Wildman–Crippen LogP) is 3.15. The maximum atomic E-state index is 11.4. The predicted molar refractivity (Wildman–Crippen MR) is 74.5 cm³/mol. The highest BCUT2D eigenvalue weighted by Gasteiger charge is 2.13. The number of ether oxygens (including phenoxy) is 1. The Morgan fingerprint density at radius 3 is 2.94 bits per heavy atom. The van der Waals surface area contributed by atoms with Crippen molar-refractivity contribution in [2.45, 2.75) is 57.9 Å². The summed E-state index contributed by atoms with van der Waals surface area (Å²) in [7, 11) is 2.14. The Morgan fingerprint density at radius 2 is 2.17 bits per heavy atom. The summed E-state index contributed by atoms with van der Waals surface area (Å²) < 4.78 is 5.25. The third-order valence-corrected chi connectivity index (χ3v) is 3.54. The van der Waals surface area contributed by atoms with Gasteiger partial charge in [0.2, 0.25) is 0 Å². The van der Waals surface area contributed by atoms with Gasteiger partial charge in [0, 0.05) is 19.0 Å². The molecule has 0 aromatic rings. The standard InChI is InChI=1S/C15H27NO2/c1-3-9-14-10-7-5-4-6-8-11-15(17)18-13-12-16(14)2/h4-5,14H,3,6-13H2,1-2H3/b5-4+. The first kappa shape index (κ1) is 15.2. The number of cyclic esters (lactones) is 1. The molecule has 0 amide bonds. The van der Waals surface area contributed by atoms with Gasteiger partial charge in [-0.05, 0) is 39.2 Å². The molecule has 18 heavy (non-hydrogen) atoms. The molecule has 0 spiro atoms. The van der Waals surface area contributed by atoms with Crippen molar-refractivity contribution < 1.29 is 9.53 Å². The van der Waals surface area contributed by atoms with E-state index in [9.17, 15) is 4.79 Å². The van der Waals surface area contributed by atoms with Crippen LogP contribution in [-0.2, 0) is 9.53 Å². The van der Waals surface area contributed by atoms with Crippen LogP contribution in [0.25, 0.3) is 0 Å². The Labute approximate surface area is 111 Å². The summed E-state index contributed by atoms with van der Waals surface area (Å²) in [6, 6.07) is 0.610. The third-order valence-electron chi connectivity index (χ3n) is 3.54. The molecular weight excluding hydrogens is 226 g/mol. The highest BCUT2D eigenvalue weighted by atomic mass is 16.5. The van der Waals surface area contributed by atoms with Gasteiger partial charge in [-0.25, -0.2) is 0 Å². The molecule has 104 valence electrons. The summed E-state index contributed by atoms with van der Waals surface area (Å²) in [5.41, 5.74) is 0. The molecule has 0 aliphatic carbocycles. The summed E-state index contributed by atoms with van der Waals surface area (Å²) >= 11 is 0. The van der Waals surface area contributed by atoms with Crippen LogP contribution in [0.5, 0.6) is 0 Å². The number of allylic oxidation sites excluding steroid dienone is 2. The largest absolute Gasteiger partial charge is 0.464 e. The molecule has 3 nitrogen and oxygen atoms in total. The maximum Gasteiger partial charge on any atom is 0.305 e. The number of carbonyl (C=O) groups excluding carboxylic acids is 1. The first-order valence-corrected chi connectivity index (χ1v) is 7.25. The van der Waals surface area contributed by atoms with E-state index in [4.69, 9.17) is 4.74 Å². The van der Waals surface area contributed by atoms with Gasteiger partial charge in [-0.1, -0.05) is 25.5 Å². The van der Waals surface area contributed by atoms with Crippen molar-refractivity contribution in [2.75, 3.05) is 20.2 Å². The Balaban J connectivity index is 2.50. The molecule has 0 saturated carbocycles. The van der Waals surface area contributed by atoms with Crippen LogP contribution in [0.1, 0.15) is 51.9 Å². The summed E-state index contributed by atoms with van der Waals surface area (Å²) in [6.45, 7) is 3.61. The molecular formula is C15H27NO2. The number of carbonyl (C=O) groups is 1. The minimum absolute atomic E-state index is 0.0527. The van der Waals surface area contributed by atoms with E-state index in [1.54, 1.807) is 0 Å². The van der Waals surface area contributed by atoms with Crippen molar-refractivity contribution in [1.29, 1.82) is 0 Å². The Bertz CT molecular complexity index is 263. The van der Waals surface area contributed by atoms with Crippen molar-refractivity contribution >= 4 is 5.97 Å². The average molecular weight is 253 g/mol. The van der Waals surface area contributed by atoms with E-state index in [0.717, 1.165) is 25.8 Å². The number of likely N-dealkylation sites (N-methyl/N-ethyl adjacent to an activating group) is 1. The fourth-order valence-corrected chi connectivity index (χ4v) is 2.37. The van der Waals surface area contributed by atoms with Gasteiger partial charge in [0.25, 0.3) is 0 Å². The number of rotatable bonds is 2. The molecule has 1 rings (SSSR count). The molecule has 1 heterocycles. The van der Waals surface area contributed by atoms with Gasteiger partial charge in [0.05, 0.1) is 0 Å². The molecule has 1 atom stereocenters. The molecule has 1 aliphatic heterocycles. The van der Waals surface area contributed by atoms with Gasteiger partial charge in [-0.2, -0.15) is 0 Å². The minimum atomic E-state index is -0.0527. The monoisotopic (exact) mass is 253 g/mol. The van der Waals surface area contributed by atoms with Crippen molar-refractivity contribution in [1.82, 2.24) is 4.90 Å². The van der Waals surface area contributed by atoms with Crippen LogP contribution in [-0.4, -0.2) is 37.1 Å². The number of esters is 1. The van der Waals surface area contributed by atoms with E-state index in [2.05, 4.69) is 31.0 Å². The van der Waals surface area contributed by atoms with E-state index < -0.39 is 0 Å². The zero-order chi connectivity index (χ0) is 13.2. The van der Waals surface area contributed by atoms with Crippen molar-refractivity contribution in [3.63, 3.8) is 0 Å². The van der Waals surface area contributed by atoms with Crippen LogP contribution in [0, 0.1) is 0 Å². The first-order valence-electron chi connectivity index (χ1n) is 7.25. The molecule has 0 radical (unpaired) electrons. The first-order chi connectivity index (χ1) is 8.74. The molecule has 1 unspecified atom stereocenters. The highest BCUT2D eigenvalue weighted by molar-refractivity contribution is 5.69. The molecule has 0 aromatic carbocycles. The summed E-state index contributed by atoms with van der Waals surface area (Å²) in [6.07, 6.45) is 11.7. The molecule has 0 N–H and O–H groups in total. The summed E-state index contributed by atoms with van der Waals surface area (Å²) in [4.78, 5) is 13.8. The number of nitrogens with zero attached hydrogens (tertiary/aromatic N) is 1. The lowest BCUT2D eigenvalue weighted by Gasteiger charge is -2.27. The van der Waals surface area contributed by atoms with Gasteiger partial charge >= 0.3 is 5.97 Å². The molecule has 0 aromatic heterocycles. The zero-order valence-corrected chi connectivity index (χ0v) is 11.9. The topological polar surface area (TPSA) is 29.5 Å². The summed E-state index contributed by atoms with van der Waals surface area (Å²) in [5.74, 6) is -0.0527. The fraction of sp³-hybridized carbons (Fsp3) is 0.800. The van der Waals surface area contributed by atoms with E-state index in [1.165, 1.54) is 19.3 Å². The second-order valence-electron chi connectivity index (χ2n) is 5.08. The van der Waals surface area contributed by atoms with Crippen molar-refractivity contribution in [2.24, 2.45) is 0 Å². The average Bonchev–Trinajstić information content (AvgIpc) is 2.36. The lowest BCUT2D eigenvalue weighted by Crippen LogP contribution is -2.34. The van der Waals surface area contributed by atoms with Gasteiger partial charge in [-0.3, -0.25) is 4.79 Å². The fourth-order valence-electron chi connectivity index (χ4n) is 2.37. The third kappa shape index (κ3) is 6.20. The second-order valence-corrected chi connectivity index (χ2v) is 5.08. The zero-order valence-electron chi connectivity index (χ0n) is 11.9. The van der Waals surface area contributed by atoms with E-state index in [-0.39, 0.29) is 5.97 Å². The smallest absolute Gasteiger partial charge is 0.305 e. The van der Waals surface area contributed by atoms with Crippen LogP contribution in [0.3, 0.4) is 0 Å². The SMILES string of the molecule is CCCC1CC/C=C/CCCC(=O)OCCN1C. The van der Waals surface area contributed by atoms with Crippen molar-refractivity contribution in [3.05, 3.63) is 12.2 Å². The molecule has 3 heteroatoms. The summed E-state index contributed by atoms with van der Waals surface area (Å²) in [5, 5.41) is 0. The Morgan fingerprint density at radius 1 is 1.39 bits per heavy atom. The second kappa shape index (κ2) is 9.15. The molecule has 0 fully saturated rings. The van der Waals surface area contributed by atoms with Gasteiger partial charge < -0.3 is 9.64 Å². The van der Waals surface area contributed by atoms with E-state index in [0.29, 0.717) is 19.1 Å². The van der Waals surface area contributed by atoms with Crippen LogP contribution in [0.2, 0.25) is 0 Å². The Kier molecular flexibility index (Phi) is 7.74. The van der Waals surface area contributed by atoms with Crippen LogP contribution in [0.4, 0.5) is 0 Å². The number of hydrogen-bond acceptors (Lipinski definition) is 3. The maximum absolute atomic E-state index is 11.4. The quantitative estimate of drug-likeness (QED) is 0.559. The molecule has 0 saturated heterocycles. The highest BCUT2D eigenvalue weighted by Crippen LogP contribution is 2.13. The van der Waals surface area contributed by atoms with Crippen molar-refractivity contribution in [3.8, 4) is 0 Å². The van der Waals surface area contributed by atoms with Crippen LogP contribution in [0.15, 0.2) is 12.2 Å². The lowest BCUT2D eigenvalue weighted by atomic mass is 10.0.